The first kappa shape index (κ1) is 22.1. The number of fused-ring (bicyclic) bond motifs is 4. The first-order chi connectivity index (χ1) is 16.0. The Morgan fingerprint density at radius 2 is 1.94 bits per heavy atom. The number of nitrogens with two attached hydrogens (primary N) is 1. The van der Waals surface area contributed by atoms with Gasteiger partial charge in [-0.3, -0.25) is 24.3 Å². The number of Topliss-reactive ketones (excluding diaryl/α,β-unsaturated/α-hetero) is 2. The molecule has 3 aliphatic carbocycles. The number of amides is 1. The quantitative estimate of drug-likeness (QED) is 0.399. The third kappa shape index (κ3) is 2.63. The van der Waals surface area contributed by atoms with Crippen LogP contribution < -0.4 is 5.73 Å². The van der Waals surface area contributed by atoms with Crippen molar-refractivity contribution in [1.82, 2.24) is 9.88 Å². The van der Waals surface area contributed by atoms with Crippen LogP contribution in [-0.2, 0) is 16.0 Å². The predicted molar refractivity (Wildman–Crippen MR) is 119 cm³/mol. The summed E-state index contributed by atoms with van der Waals surface area (Å²) in [5, 5.41) is 45.0. The zero-order valence-corrected chi connectivity index (χ0v) is 18.4. The van der Waals surface area contributed by atoms with Crippen molar-refractivity contribution in [1.29, 1.82) is 0 Å². The van der Waals surface area contributed by atoms with E-state index in [2.05, 4.69) is 4.98 Å². The summed E-state index contributed by atoms with van der Waals surface area (Å²) in [7, 11) is 3.18. The van der Waals surface area contributed by atoms with Gasteiger partial charge in [0, 0.05) is 23.1 Å². The standard InChI is InChI=1S/C24H23N3O7/c1-27(2)17-12-8-11-7-10-6-9-4-3-5-26-16(9)19(29)13(10)18(28)14(11)21(31)24(12,34)22(32)15(20(17)30)23(25)33/h3-6,11-12,17,29-31,34H,7-8H2,1-2H3,(H2,25,33)/t11-,12?,17-,24-/m0/s1. The molecule has 1 aromatic carbocycles. The molecule has 0 aliphatic heterocycles. The van der Waals surface area contributed by atoms with E-state index in [4.69, 9.17) is 5.73 Å². The molecule has 1 heterocycles. The van der Waals surface area contributed by atoms with Crippen LogP contribution in [0.25, 0.3) is 10.9 Å². The number of hydrogen-bond acceptors (Lipinski definition) is 9. The molecule has 6 N–H and O–H groups in total. The number of aromatic nitrogens is 1. The Labute approximate surface area is 193 Å². The number of hydrogen-bond donors (Lipinski definition) is 5. The number of phenols is 1. The minimum absolute atomic E-state index is 0.0491. The van der Waals surface area contributed by atoms with E-state index in [0.29, 0.717) is 10.9 Å². The predicted octanol–water partition coefficient (Wildman–Crippen LogP) is 0.669. The highest BCUT2D eigenvalue weighted by atomic mass is 16.3. The summed E-state index contributed by atoms with van der Waals surface area (Å²) >= 11 is 0. The summed E-state index contributed by atoms with van der Waals surface area (Å²) < 4.78 is 0. The molecule has 0 bridgehead atoms. The van der Waals surface area contributed by atoms with Crippen molar-refractivity contribution in [2.75, 3.05) is 14.1 Å². The molecule has 2 aromatic rings. The molecule has 1 aromatic heterocycles. The number of likely N-dealkylation sites (N-methyl/N-ethyl adjacent to an activating group) is 1. The van der Waals surface area contributed by atoms with E-state index in [-0.39, 0.29) is 35.2 Å². The van der Waals surface area contributed by atoms with Gasteiger partial charge in [-0.1, -0.05) is 6.07 Å². The molecule has 34 heavy (non-hydrogen) atoms. The van der Waals surface area contributed by atoms with Gasteiger partial charge in [0.05, 0.1) is 11.6 Å². The van der Waals surface area contributed by atoms with Gasteiger partial charge in [0.25, 0.3) is 5.91 Å². The number of primary amides is 1. The van der Waals surface area contributed by atoms with Crippen LogP contribution in [0.15, 0.2) is 47.1 Å². The van der Waals surface area contributed by atoms with Gasteiger partial charge < -0.3 is 26.2 Å². The number of aliphatic hydroxyl groups excluding tert-OH is 2. The van der Waals surface area contributed by atoms with Crippen molar-refractivity contribution in [3.05, 3.63) is 58.2 Å². The Morgan fingerprint density at radius 3 is 2.59 bits per heavy atom. The lowest BCUT2D eigenvalue weighted by molar-refractivity contribution is -0.148. The number of rotatable bonds is 2. The number of aromatic hydroxyl groups is 1. The zero-order chi connectivity index (χ0) is 24.7. The Kier molecular flexibility index (Phi) is 4.62. The maximum Gasteiger partial charge on any atom is 0.255 e. The van der Waals surface area contributed by atoms with Crippen molar-refractivity contribution in [2.45, 2.75) is 24.5 Å². The fourth-order valence-corrected chi connectivity index (χ4v) is 5.85. The van der Waals surface area contributed by atoms with Gasteiger partial charge in [-0.25, -0.2) is 0 Å². The Bertz CT molecular complexity index is 1380. The fraction of sp³-hybridized carbons (Fsp3) is 0.333. The van der Waals surface area contributed by atoms with Gasteiger partial charge in [0.1, 0.15) is 22.6 Å². The first-order valence-electron chi connectivity index (χ1n) is 10.7. The second kappa shape index (κ2) is 7.12. The molecule has 0 saturated carbocycles. The second-order valence-electron chi connectivity index (χ2n) is 9.30. The van der Waals surface area contributed by atoms with Gasteiger partial charge in [0.2, 0.25) is 5.78 Å². The molecule has 0 saturated heterocycles. The summed E-state index contributed by atoms with van der Waals surface area (Å²) in [6.07, 6.45) is 1.77. The topological polar surface area (TPSA) is 174 Å². The van der Waals surface area contributed by atoms with E-state index < -0.39 is 58.0 Å². The molecule has 5 rings (SSSR count). The maximum atomic E-state index is 13.6. The summed E-state index contributed by atoms with van der Waals surface area (Å²) in [6.45, 7) is 0. The molecule has 4 atom stereocenters. The summed E-state index contributed by atoms with van der Waals surface area (Å²) in [6, 6.07) is 4.20. The van der Waals surface area contributed by atoms with Crippen LogP contribution in [0, 0.1) is 11.8 Å². The smallest absolute Gasteiger partial charge is 0.255 e. The third-order valence-electron chi connectivity index (χ3n) is 7.28. The summed E-state index contributed by atoms with van der Waals surface area (Å²) in [5.41, 5.74) is 2.38. The van der Waals surface area contributed by atoms with E-state index in [9.17, 15) is 34.8 Å². The number of carbonyl (C=O) groups is 3. The molecule has 10 heteroatoms. The van der Waals surface area contributed by atoms with Gasteiger partial charge in [-0.2, -0.15) is 0 Å². The third-order valence-corrected chi connectivity index (χ3v) is 7.28. The van der Waals surface area contributed by atoms with Crippen LogP contribution >= 0.6 is 0 Å². The largest absolute Gasteiger partial charge is 0.510 e. The van der Waals surface area contributed by atoms with Crippen molar-refractivity contribution in [2.24, 2.45) is 17.6 Å². The monoisotopic (exact) mass is 465 g/mol. The molecular weight excluding hydrogens is 442 g/mol. The van der Waals surface area contributed by atoms with Crippen LogP contribution in [0.1, 0.15) is 22.3 Å². The number of ketones is 2. The van der Waals surface area contributed by atoms with Gasteiger partial charge in [-0.05, 0) is 50.6 Å². The minimum Gasteiger partial charge on any atom is -0.510 e. The average Bonchev–Trinajstić information content (AvgIpc) is 2.76. The molecule has 1 unspecified atom stereocenters. The van der Waals surface area contributed by atoms with Crippen molar-refractivity contribution >= 4 is 28.4 Å². The zero-order valence-electron chi connectivity index (χ0n) is 18.4. The van der Waals surface area contributed by atoms with Crippen LogP contribution in [0.3, 0.4) is 0 Å². The van der Waals surface area contributed by atoms with Crippen LogP contribution in [0.2, 0.25) is 0 Å². The lowest BCUT2D eigenvalue weighted by Gasteiger charge is -2.50. The number of pyridine rings is 1. The number of carbonyl (C=O) groups excluding carboxylic acids is 3. The molecule has 10 nitrogen and oxygen atoms in total. The van der Waals surface area contributed by atoms with Gasteiger partial charge >= 0.3 is 0 Å². The van der Waals surface area contributed by atoms with E-state index >= 15 is 0 Å². The lowest BCUT2D eigenvalue weighted by atomic mass is 9.58. The molecule has 0 spiro atoms. The van der Waals surface area contributed by atoms with Crippen LogP contribution in [0.5, 0.6) is 5.75 Å². The number of phenolic OH excluding ortho intramolecular Hbond substituents is 1. The number of nitrogens with zero attached hydrogens (tertiary/aromatic N) is 2. The summed E-state index contributed by atoms with van der Waals surface area (Å²) in [5.74, 6) is -6.70. The lowest BCUT2D eigenvalue weighted by Crippen LogP contribution is -2.63. The molecular formula is C24H23N3O7. The van der Waals surface area contributed by atoms with Gasteiger partial charge in [-0.15, -0.1) is 0 Å². The molecule has 176 valence electrons. The van der Waals surface area contributed by atoms with Gasteiger partial charge in [0.15, 0.2) is 17.1 Å². The molecule has 0 fully saturated rings. The second-order valence-corrected chi connectivity index (χ2v) is 9.30. The average molecular weight is 465 g/mol. The normalized spacial score (nSPS) is 28.8. The highest BCUT2D eigenvalue weighted by Gasteiger charge is 2.63. The summed E-state index contributed by atoms with van der Waals surface area (Å²) in [4.78, 5) is 44.4. The van der Waals surface area contributed by atoms with E-state index in [1.807, 2.05) is 0 Å². The number of aliphatic hydroxyl groups is 3. The van der Waals surface area contributed by atoms with E-state index in [1.165, 1.54) is 11.1 Å². The van der Waals surface area contributed by atoms with E-state index in [1.54, 1.807) is 32.3 Å². The highest BCUT2D eigenvalue weighted by Crippen LogP contribution is 2.52. The van der Waals surface area contributed by atoms with Crippen molar-refractivity contribution in [3.63, 3.8) is 0 Å². The van der Waals surface area contributed by atoms with Crippen LogP contribution in [-0.4, -0.2) is 73.5 Å². The molecule has 3 aliphatic rings. The Hall–Kier alpha value is -3.76. The van der Waals surface area contributed by atoms with Crippen molar-refractivity contribution in [3.8, 4) is 5.75 Å². The maximum absolute atomic E-state index is 13.6. The number of allylic oxidation sites excluding steroid dienone is 1. The molecule has 1 amide bonds. The Morgan fingerprint density at radius 1 is 1.24 bits per heavy atom. The van der Waals surface area contributed by atoms with Crippen molar-refractivity contribution < 1.29 is 34.8 Å². The van der Waals surface area contributed by atoms with E-state index in [0.717, 1.165) is 0 Å². The highest BCUT2D eigenvalue weighted by molar-refractivity contribution is 6.25. The molecule has 0 radical (unpaired) electrons. The fourth-order valence-electron chi connectivity index (χ4n) is 5.85. The minimum atomic E-state index is -2.64. The first-order valence-corrected chi connectivity index (χ1v) is 10.7. The Balaban J connectivity index is 1.75. The number of benzene rings is 1. The SMILES string of the molecule is CN(C)[C@@H]1C(O)=C(C(N)=O)C(=O)[C@@]2(O)C(O)=C3C(=O)c4c(cc5cccnc5c4O)C[C@H]3CC12. The van der Waals surface area contributed by atoms with Crippen LogP contribution in [0.4, 0.5) is 0 Å².